The number of aryl methyl sites for hydroxylation is 2. The third-order valence-corrected chi connectivity index (χ3v) is 5.11. The molecule has 5 heteroatoms. The molecule has 0 bridgehead atoms. The second-order valence-electron chi connectivity index (χ2n) is 7.25. The summed E-state index contributed by atoms with van der Waals surface area (Å²) in [5.74, 6) is -0.560. The molecule has 0 fully saturated rings. The van der Waals surface area contributed by atoms with Gasteiger partial charge in [0.25, 0.3) is 11.8 Å². The Kier molecular flexibility index (Phi) is 5.93. The Morgan fingerprint density at radius 1 is 1.00 bits per heavy atom. The molecule has 0 atom stereocenters. The molecular weight excluding hydrogens is 352 g/mol. The van der Waals surface area contributed by atoms with Gasteiger partial charge in [0.2, 0.25) is 5.91 Å². The first-order chi connectivity index (χ1) is 13.4. The zero-order valence-electron chi connectivity index (χ0n) is 16.7. The molecule has 1 heterocycles. The minimum Gasteiger partial charge on any atom is -0.310 e. The zero-order valence-corrected chi connectivity index (χ0v) is 16.7. The summed E-state index contributed by atoms with van der Waals surface area (Å²) >= 11 is 0. The highest BCUT2D eigenvalue weighted by Gasteiger charge is 2.35. The van der Waals surface area contributed by atoms with E-state index in [2.05, 4.69) is 0 Å². The fourth-order valence-electron chi connectivity index (χ4n) is 3.59. The van der Waals surface area contributed by atoms with Gasteiger partial charge in [-0.05, 0) is 44.0 Å². The van der Waals surface area contributed by atoms with Crippen LogP contribution in [0.2, 0.25) is 0 Å². The van der Waals surface area contributed by atoms with E-state index in [0.29, 0.717) is 17.5 Å². The lowest BCUT2D eigenvalue weighted by Crippen LogP contribution is -2.41. The third-order valence-electron chi connectivity index (χ3n) is 5.11. The Morgan fingerprint density at radius 3 is 2.21 bits per heavy atom. The van der Waals surface area contributed by atoms with E-state index in [-0.39, 0.29) is 30.8 Å². The van der Waals surface area contributed by atoms with Gasteiger partial charge < -0.3 is 4.90 Å². The number of carbonyl (C=O) groups is 3. The van der Waals surface area contributed by atoms with Crippen LogP contribution in [0.3, 0.4) is 0 Å². The van der Waals surface area contributed by atoms with Gasteiger partial charge in [-0.1, -0.05) is 43.2 Å². The number of unbranched alkanes of at least 4 members (excludes halogenated alkanes) is 1. The molecule has 3 amide bonds. The summed E-state index contributed by atoms with van der Waals surface area (Å²) in [6, 6.07) is 12.8. The quantitative estimate of drug-likeness (QED) is 0.681. The summed E-state index contributed by atoms with van der Waals surface area (Å²) in [4.78, 5) is 41.0. The van der Waals surface area contributed by atoms with E-state index >= 15 is 0 Å². The van der Waals surface area contributed by atoms with E-state index in [9.17, 15) is 14.4 Å². The molecule has 5 nitrogen and oxygen atoms in total. The van der Waals surface area contributed by atoms with Gasteiger partial charge >= 0.3 is 0 Å². The van der Waals surface area contributed by atoms with Crippen LogP contribution in [0.1, 0.15) is 58.0 Å². The molecule has 3 rings (SSSR count). The number of hydrogen-bond donors (Lipinski definition) is 0. The summed E-state index contributed by atoms with van der Waals surface area (Å²) in [5.41, 5.74) is 3.84. The van der Waals surface area contributed by atoms with Crippen LogP contribution in [-0.2, 0) is 4.79 Å². The molecule has 0 aliphatic carbocycles. The fraction of sp³-hybridized carbons (Fsp3) is 0.348. The van der Waals surface area contributed by atoms with Crippen molar-refractivity contribution in [1.82, 2.24) is 4.90 Å². The van der Waals surface area contributed by atoms with Crippen molar-refractivity contribution in [2.75, 3.05) is 18.0 Å². The lowest BCUT2D eigenvalue weighted by molar-refractivity contribution is -0.118. The minimum absolute atomic E-state index is 0.0189. The SMILES string of the molecule is CCCCC(=O)N(CCN1C(=O)c2ccccc2C1=O)c1ccc(C)cc1C. The maximum atomic E-state index is 12.9. The number of anilines is 1. The number of hydrogen-bond acceptors (Lipinski definition) is 3. The molecule has 0 radical (unpaired) electrons. The molecule has 28 heavy (non-hydrogen) atoms. The first kappa shape index (κ1) is 19.8. The standard InChI is InChI=1S/C23H26N2O3/c1-4-5-10-21(26)24(20-12-11-16(2)15-17(20)3)13-14-25-22(27)18-8-6-7-9-19(18)23(25)28/h6-9,11-12,15H,4-5,10,13-14H2,1-3H3. The average molecular weight is 378 g/mol. The molecule has 0 unspecified atom stereocenters. The van der Waals surface area contributed by atoms with Crippen molar-refractivity contribution in [3.63, 3.8) is 0 Å². The van der Waals surface area contributed by atoms with E-state index in [1.807, 2.05) is 39.0 Å². The average Bonchev–Trinajstić information content (AvgIpc) is 2.92. The van der Waals surface area contributed by atoms with E-state index in [0.717, 1.165) is 29.7 Å². The highest BCUT2D eigenvalue weighted by atomic mass is 16.2. The number of rotatable bonds is 7. The maximum absolute atomic E-state index is 12.9. The van der Waals surface area contributed by atoms with Crippen LogP contribution in [0.5, 0.6) is 0 Å². The van der Waals surface area contributed by atoms with Crippen LogP contribution in [0, 0.1) is 13.8 Å². The van der Waals surface area contributed by atoms with E-state index in [1.54, 1.807) is 29.2 Å². The summed E-state index contributed by atoms with van der Waals surface area (Å²) in [7, 11) is 0. The topological polar surface area (TPSA) is 57.7 Å². The van der Waals surface area contributed by atoms with Crippen LogP contribution in [0.15, 0.2) is 42.5 Å². The van der Waals surface area contributed by atoms with Crippen LogP contribution in [-0.4, -0.2) is 35.7 Å². The first-order valence-corrected chi connectivity index (χ1v) is 9.77. The monoisotopic (exact) mass is 378 g/mol. The Balaban J connectivity index is 1.81. The largest absolute Gasteiger partial charge is 0.310 e. The van der Waals surface area contributed by atoms with E-state index in [4.69, 9.17) is 0 Å². The normalized spacial score (nSPS) is 13.0. The first-order valence-electron chi connectivity index (χ1n) is 9.77. The Bertz CT molecular complexity index is 885. The zero-order chi connectivity index (χ0) is 20.3. The number of imide groups is 1. The highest BCUT2D eigenvalue weighted by Crippen LogP contribution is 2.25. The second kappa shape index (κ2) is 8.38. The van der Waals surface area contributed by atoms with Crippen molar-refractivity contribution < 1.29 is 14.4 Å². The smallest absolute Gasteiger partial charge is 0.261 e. The summed E-state index contributed by atoms with van der Waals surface area (Å²) in [6.07, 6.45) is 2.20. The van der Waals surface area contributed by atoms with Gasteiger partial charge in [-0.3, -0.25) is 19.3 Å². The lowest BCUT2D eigenvalue weighted by atomic mass is 10.1. The molecule has 2 aromatic rings. The second-order valence-corrected chi connectivity index (χ2v) is 7.25. The molecule has 146 valence electrons. The Labute approximate surface area is 166 Å². The number of benzene rings is 2. The highest BCUT2D eigenvalue weighted by molar-refractivity contribution is 6.21. The van der Waals surface area contributed by atoms with Crippen molar-refractivity contribution in [1.29, 1.82) is 0 Å². The van der Waals surface area contributed by atoms with Gasteiger partial charge in [0.1, 0.15) is 0 Å². The van der Waals surface area contributed by atoms with E-state index in [1.165, 1.54) is 4.90 Å². The van der Waals surface area contributed by atoms with Crippen molar-refractivity contribution in [2.45, 2.75) is 40.0 Å². The van der Waals surface area contributed by atoms with Gasteiger partial charge in [-0.15, -0.1) is 0 Å². The molecule has 0 N–H and O–H groups in total. The molecule has 0 aromatic heterocycles. The predicted octanol–water partition coefficient (Wildman–Crippen LogP) is 4.12. The summed E-state index contributed by atoms with van der Waals surface area (Å²) < 4.78 is 0. The molecule has 1 aliphatic heterocycles. The summed E-state index contributed by atoms with van der Waals surface area (Å²) in [5, 5.41) is 0. The van der Waals surface area contributed by atoms with Crippen LogP contribution in [0.4, 0.5) is 5.69 Å². The van der Waals surface area contributed by atoms with Crippen LogP contribution < -0.4 is 4.90 Å². The van der Waals surface area contributed by atoms with Gasteiger partial charge in [0, 0.05) is 25.2 Å². The van der Waals surface area contributed by atoms with Gasteiger partial charge in [0.05, 0.1) is 11.1 Å². The number of carbonyl (C=O) groups excluding carboxylic acids is 3. The maximum Gasteiger partial charge on any atom is 0.261 e. The van der Waals surface area contributed by atoms with Crippen molar-refractivity contribution in [3.05, 3.63) is 64.7 Å². The van der Waals surface area contributed by atoms with Crippen molar-refractivity contribution in [3.8, 4) is 0 Å². The van der Waals surface area contributed by atoms with Gasteiger partial charge in [-0.2, -0.15) is 0 Å². The van der Waals surface area contributed by atoms with Crippen LogP contribution in [0.25, 0.3) is 0 Å². The molecule has 2 aromatic carbocycles. The molecule has 0 spiro atoms. The number of fused-ring (bicyclic) bond motifs is 1. The lowest BCUT2D eigenvalue weighted by Gasteiger charge is -2.27. The number of amides is 3. The fourth-order valence-corrected chi connectivity index (χ4v) is 3.59. The Morgan fingerprint density at radius 2 is 1.64 bits per heavy atom. The summed E-state index contributed by atoms with van der Waals surface area (Å²) in [6.45, 7) is 6.51. The van der Waals surface area contributed by atoms with Crippen LogP contribution >= 0.6 is 0 Å². The molecule has 1 aliphatic rings. The third kappa shape index (κ3) is 3.84. The predicted molar refractivity (Wildman–Crippen MR) is 110 cm³/mol. The van der Waals surface area contributed by atoms with Gasteiger partial charge in [-0.25, -0.2) is 0 Å². The van der Waals surface area contributed by atoms with Crippen molar-refractivity contribution >= 4 is 23.4 Å². The molecular formula is C23H26N2O3. The molecule has 0 saturated carbocycles. The van der Waals surface area contributed by atoms with Gasteiger partial charge in [0.15, 0.2) is 0 Å². The number of nitrogens with zero attached hydrogens (tertiary/aromatic N) is 2. The van der Waals surface area contributed by atoms with E-state index < -0.39 is 0 Å². The minimum atomic E-state index is -0.290. The van der Waals surface area contributed by atoms with Crippen molar-refractivity contribution in [2.24, 2.45) is 0 Å². The Hall–Kier alpha value is -2.95. The molecule has 0 saturated heterocycles.